The lowest BCUT2D eigenvalue weighted by atomic mass is 10.2. The third-order valence-electron chi connectivity index (χ3n) is 3.69. The Bertz CT molecular complexity index is 584. The molecule has 1 saturated heterocycles. The Labute approximate surface area is 118 Å². The molecule has 102 valence electrons. The summed E-state index contributed by atoms with van der Waals surface area (Å²) in [5, 5.41) is 1.23. The van der Waals surface area contributed by atoms with E-state index in [-0.39, 0.29) is 0 Å². The molecule has 0 aromatic carbocycles. The van der Waals surface area contributed by atoms with Gasteiger partial charge in [0.05, 0.1) is 5.39 Å². The van der Waals surface area contributed by atoms with Gasteiger partial charge in [0.2, 0.25) is 0 Å². The zero-order chi connectivity index (χ0) is 13.4. The van der Waals surface area contributed by atoms with Gasteiger partial charge in [0.15, 0.2) is 0 Å². The summed E-state index contributed by atoms with van der Waals surface area (Å²) in [6.07, 6.45) is 1.07. The molecule has 3 rings (SSSR count). The lowest BCUT2D eigenvalue weighted by molar-refractivity contribution is 0.312. The fourth-order valence-electron chi connectivity index (χ4n) is 2.49. The maximum Gasteiger partial charge on any atom is 0.141 e. The second-order valence-corrected chi connectivity index (χ2v) is 6.29. The number of likely N-dealkylation sites (N-methyl/N-ethyl adjacent to an activating group) is 1. The molecule has 4 nitrogen and oxygen atoms in total. The van der Waals surface area contributed by atoms with E-state index in [1.807, 2.05) is 6.92 Å². The predicted molar refractivity (Wildman–Crippen MR) is 81.2 cm³/mol. The Morgan fingerprint density at radius 2 is 1.95 bits per heavy atom. The summed E-state index contributed by atoms with van der Waals surface area (Å²) >= 11 is 1.80. The molecule has 0 amide bonds. The number of hydrogen-bond acceptors (Lipinski definition) is 5. The Hall–Kier alpha value is -1.20. The molecule has 1 aliphatic heterocycles. The standard InChI is InChI=1S/C14H20N4S/c1-4-11-9-12-13(15-10(2)16-14(12)19-11)18-7-5-17(3)6-8-18/h9H,4-8H2,1-3H3. The molecule has 0 saturated carbocycles. The second kappa shape index (κ2) is 5.06. The van der Waals surface area contributed by atoms with Crippen molar-refractivity contribution in [2.45, 2.75) is 20.3 Å². The zero-order valence-electron chi connectivity index (χ0n) is 11.8. The highest BCUT2D eigenvalue weighted by atomic mass is 32.1. The molecule has 3 heterocycles. The number of hydrogen-bond donors (Lipinski definition) is 0. The molecule has 0 bridgehead atoms. The lowest BCUT2D eigenvalue weighted by Crippen LogP contribution is -2.44. The van der Waals surface area contributed by atoms with E-state index >= 15 is 0 Å². The van der Waals surface area contributed by atoms with Crippen LogP contribution in [0.4, 0.5) is 5.82 Å². The van der Waals surface area contributed by atoms with E-state index < -0.39 is 0 Å². The highest BCUT2D eigenvalue weighted by molar-refractivity contribution is 7.18. The molecule has 1 fully saturated rings. The molecular formula is C14H20N4S. The molecule has 0 atom stereocenters. The Kier molecular flexibility index (Phi) is 3.41. The van der Waals surface area contributed by atoms with Gasteiger partial charge in [-0.1, -0.05) is 6.92 Å². The third kappa shape index (κ3) is 2.44. The summed E-state index contributed by atoms with van der Waals surface area (Å²) in [6.45, 7) is 8.51. The third-order valence-corrected chi connectivity index (χ3v) is 4.86. The van der Waals surface area contributed by atoms with Crippen LogP contribution in [0.1, 0.15) is 17.6 Å². The molecule has 5 heteroatoms. The number of aryl methyl sites for hydroxylation is 2. The molecule has 0 aliphatic carbocycles. The molecule has 0 N–H and O–H groups in total. The van der Waals surface area contributed by atoms with Crippen LogP contribution in [0.25, 0.3) is 10.2 Å². The quantitative estimate of drug-likeness (QED) is 0.842. The summed E-state index contributed by atoms with van der Waals surface area (Å²) in [6, 6.07) is 2.27. The van der Waals surface area contributed by atoms with Crippen LogP contribution in [0.2, 0.25) is 0 Å². The van der Waals surface area contributed by atoms with E-state index in [4.69, 9.17) is 4.98 Å². The van der Waals surface area contributed by atoms with Crippen molar-refractivity contribution in [3.63, 3.8) is 0 Å². The highest BCUT2D eigenvalue weighted by Crippen LogP contribution is 2.31. The van der Waals surface area contributed by atoms with Crippen molar-refractivity contribution in [3.8, 4) is 0 Å². The van der Waals surface area contributed by atoms with Gasteiger partial charge in [0.25, 0.3) is 0 Å². The van der Waals surface area contributed by atoms with Gasteiger partial charge in [-0.2, -0.15) is 0 Å². The van der Waals surface area contributed by atoms with E-state index in [1.54, 1.807) is 11.3 Å². The number of aromatic nitrogens is 2. The maximum absolute atomic E-state index is 4.70. The molecular weight excluding hydrogens is 256 g/mol. The van der Waals surface area contributed by atoms with Gasteiger partial charge in [-0.25, -0.2) is 9.97 Å². The van der Waals surface area contributed by atoms with Gasteiger partial charge in [0.1, 0.15) is 16.5 Å². The average Bonchev–Trinajstić information content (AvgIpc) is 2.81. The predicted octanol–water partition coefficient (Wildman–Crippen LogP) is 2.31. The van der Waals surface area contributed by atoms with Crippen molar-refractivity contribution >= 4 is 27.4 Å². The SMILES string of the molecule is CCc1cc2c(N3CCN(C)CC3)nc(C)nc2s1. The van der Waals surface area contributed by atoms with Crippen molar-refractivity contribution < 1.29 is 0 Å². The average molecular weight is 276 g/mol. The molecule has 1 aliphatic rings. The molecule has 2 aromatic heterocycles. The van der Waals surface area contributed by atoms with Crippen LogP contribution in [-0.4, -0.2) is 48.1 Å². The van der Waals surface area contributed by atoms with E-state index in [9.17, 15) is 0 Å². The first-order valence-electron chi connectivity index (χ1n) is 6.88. The van der Waals surface area contributed by atoms with Crippen LogP contribution >= 0.6 is 11.3 Å². The van der Waals surface area contributed by atoms with Crippen LogP contribution in [0.3, 0.4) is 0 Å². The van der Waals surface area contributed by atoms with Crippen LogP contribution in [0.15, 0.2) is 6.07 Å². The van der Waals surface area contributed by atoms with Gasteiger partial charge in [-0.05, 0) is 26.5 Å². The van der Waals surface area contributed by atoms with Gasteiger partial charge in [-0.3, -0.25) is 0 Å². The van der Waals surface area contributed by atoms with Gasteiger partial charge >= 0.3 is 0 Å². The van der Waals surface area contributed by atoms with E-state index in [2.05, 4.69) is 34.8 Å². The number of thiophene rings is 1. The number of anilines is 1. The van der Waals surface area contributed by atoms with E-state index in [0.29, 0.717) is 0 Å². The first kappa shape index (κ1) is 12.8. The highest BCUT2D eigenvalue weighted by Gasteiger charge is 2.19. The Morgan fingerprint density at radius 3 is 2.63 bits per heavy atom. The largest absolute Gasteiger partial charge is 0.353 e. The summed E-state index contributed by atoms with van der Waals surface area (Å²) in [5.41, 5.74) is 0. The van der Waals surface area contributed by atoms with Crippen molar-refractivity contribution in [2.24, 2.45) is 0 Å². The number of fused-ring (bicyclic) bond motifs is 1. The van der Waals surface area contributed by atoms with Crippen LogP contribution in [-0.2, 0) is 6.42 Å². The topological polar surface area (TPSA) is 32.3 Å². The summed E-state index contributed by atoms with van der Waals surface area (Å²) in [4.78, 5) is 16.6. The number of nitrogens with zero attached hydrogens (tertiary/aromatic N) is 4. The van der Waals surface area contributed by atoms with Crippen molar-refractivity contribution in [2.75, 3.05) is 38.1 Å². The van der Waals surface area contributed by atoms with Gasteiger partial charge in [0, 0.05) is 31.1 Å². The minimum atomic E-state index is 0.880. The summed E-state index contributed by atoms with van der Waals surface area (Å²) in [7, 11) is 2.18. The fraction of sp³-hybridized carbons (Fsp3) is 0.571. The number of rotatable bonds is 2. The smallest absolute Gasteiger partial charge is 0.141 e. The Balaban J connectivity index is 2.03. The maximum atomic E-state index is 4.70. The van der Waals surface area contributed by atoms with E-state index in [1.165, 1.54) is 10.3 Å². The Morgan fingerprint density at radius 1 is 1.21 bits per heavy atom. The molecule has 0 spiro atoms. The minimum absolute atomic E-state index is 0.880. The van der Waals surface area contributed by atoms with Crippen molar-refractivity contribution in [1.82, 2.24) is 14.9 Å². The van der Waals surface area contributed by atoms with E-state index in [0.717, 1.165) is 49.1 Å². The van der Waals surface area contributed by atoms with Gasteiger partial charge in [-0.15, -0.1) is 11.3 Å². The normalized spacial score (nSPS) is 17.3. The van der Waals surface area contributed by atoms with Crippen LogP contribution < -0.4 is 4.90 Å². The molecule has 2 aromatic rings. The molecule has 19 heavy (non-hydrogen) atoms. The fourth-order valence-corrected chi connectivity index (χ4v) is 3.50. The number of piperazine rings is 1. The first-order chi connectivity index (χ1) is 9.17. The first-order valence-corrected chi connectivity index (χ1v) is 7.69. The molecule has 0 radical (unpaired) electrons. The van der Waals surface area contributed by atoms with Crippen molar-refractivity contribution in [1.29, 1.82) is 0 Å². The van der Waals surface area contributed by atoms with Crippen molar-refractivity contribution in [3.05, 3.63) is 16.8 Å². The van der Waals surface area contributed by atoms with Crippen LogP contribution in [0.5, 0.6) is 0 Å². The summed E-state index contributed by atoms with van der Waals surface area (Å²) < 4.78 is 0. The minimum Gasteiger partial charge on any atom is -0.353 e. The lowest BCUT2D eigenvalue weighted by Gasteiger charge is -2.33. The monoisotopic (exact) mass is 276 g/mol. The second-order valence-electron chi connectivity index (χ2n) is 5.17. The van der Waals surface area contributed by atoms with Crippen LogP contribution in [0, 0.1) is 6.92 Å². The van der Waals surface area contributed by atoms with Gasteiger partial charge < -0.3 is 9.80 Å². The zero-order valence-corrected chi connectivity index (χ0v) is 12.6. The molecule has 0 unspecified atom stereocenters. The summed E-state index contributed by atoms with van der Waals surface area (Å²) in [5.74, 6) is 2.01.